The number of nitrogens with one attached hydrogen (secondary N) is 1. The van der Waals surface area contributed by atoms with Crippen molar-refractivity contribution >= 4 is 32.7 Å². The molecule has 0 spiro atoms. The van der Waals surface area contributed by atoms with Crippen LogP contribution in [0.2, 0.25) is 0 Å². The minimum atomic E-state index is -0.182. The zero-order valence-electron chi connectivity index (χ0n) is 17.3. The summed E-state index contributed by atoms with van der Waals surface area (Å²) in [6.07, 6.45) is 5.78. The Morgan fingerprint density at radius 2 is 1.93 bits per heavy atom. The highest BCUT2D eigenvalue weighted by molar-refractivity contribution is 7.22. The van der Waals surface area contributed by atoms with Gasteiger partial charge in [0.15, 0.2) is 10.8 Å². The van der Waals surface area contributed by atoms with Gasteiger partial charge in [-0.2, -0.15) is 4.98 Å². The number of nitrogens with zero attached hydrogens (tertiary/aromatic N) is 5. The summed E-state index contributed by atoms with van der Waals surface area (Å²) in [4.78, 5) is 38.9. The molecule has 4 rings (SSSR count). The van der Waals surface area contributed by atoms with E-state index in [-0.39, 0.29) is 24.1 Å². The normalized spacial score (nSPS) is 23.4. The second-order valence-electron chi connectivity index (χ2n) is 8.27. The molecule has 1 aliphatic heterocycles. The molecule has 2 aromatic heterocycles. The average molecular weight is 419 g/mol. The molecule has 1 saturated carbocycles. The summed E-state index contributed by atoms with van der Waals surface area (Å²) in [6, 6.07) is 0.225. The molecular formula is C20H30N6O2S. The Kier molecular flexibility index (Phi) is 6.15. The van der Waals surface area contributed by atoms with Gasteiger partial charge in [-0.05, 0) is 38.1 Å². The molecule has 158 valence electrons. The van der Waals surface area contributed by atoms with Gasteiger partial charge in [-0.25, -0.2) is 4.98 Å². The Morgan fingerprint density at radius 3 is 2.62 bits per heavy atom. The van der Waals surface area contributed by atoms with Crippen molar-refractivity contribution in [2.45, 2.75) is 52.1 Å². The van der Waals surface area contributed by atoms with Crippen molar-refractivity contribution in [3.63, 3.8) is 0 Å². The number of hydrogen-bond acceptors (Lipinski definition) is 7. The first-order valence-electron chi connectivity index (χ1n) is 10.7. The minimum absolute atomic E-state index is 0.0102. The fourth-order valence-electron chi connectivity index (χ4n) is 4.17. The standard InChI is InChI=1S/C20H30N6O2S/c1-3-24-8-10-25(11-9-24)20-23-18-17(29-20)19(28)26(13-21-18)12-16(27)22-15-6-4-14(2)5-7-15/h13-15H,3-12H2,1-2H3,(H,22,27). The van der Waals surface area contributed by atoms with Gasteiger partial charge in [-0.1, -0.05) is 25.2 Å². The molecule has 29 heavy (non-hydrogen) atoms. The number of fused-ring (bicyclic) bond motifs is 1. The Bertz CT molecular complexity index is 909. The SMILES string of the molecule is CCN1CCN(c2nc3ncn(CC(=O)NC4CCC(C)CC4)c(=O)c3s2)CC1. The highest BCUT2D eigenvalue weighted by Gasteiger charge is 2.22. The first kappa shape index (κ1) is 20.3. The fourth-order valence-corrected chi connectivity index (χ4v) is 5.19. The van der Waals surface area contributed by atoms with Crippen LogP contribution in [0, 0.1) is 5.92 Å². The van der Waals surface area contributed by atoms with Crippen molar-refractivity contribution in [2.75, 3.05) is 37.6 Å². The molecule has 1 amide bonds. The smallest absolute Gasteiger partial charge is 0.273 e. The van der Waals surface area contributed by atoms with Gasteiger partial charge in [0.05, 0.1) is 0 Å². The third-order valence-corrected chi connectivity index (χ3v) is 7.25. The number of anilines is 1. The Balaban J connectivity index is 1.43. The van der Waals surface area contributed by atoms with Crippen molar-refractivity contribution in [1.82, 2.24) is 24.8 Å². The van der Waals surface area contributed by atoms with Crippen LogP contribution in [-0.2, 0) is 11.3 Å². The van der Waals surface area contributed by atoms with Gasteiger partial charge in [0.2, 0.25) is 5.91 Å². The average Bonchev–Trinajstić information content (AvgIpc) is 3.17. The molecule has 0 atom stereocenters. The van der Waals surface area contributed by atoms with Gasteiger partial charge >= 0.3 is 0 Å². The molecule has 1 saturated heterocycles. The van der Waals surface area contributed by atoms with Crippen molar-refractivity contribution < 1.29 is 4.79 Å². The van der Waals surface area contributed by atoms with Crippen LogP contribution in [-0.4, -0.2) is 64.1 Å². The van der Waals surface area contributed by atoms with E-state index >= 15 is 0 Å². The van der Waals surface area contributed by atoms with Gasteiger partial charge in [0.25, 0.3) is 5.56 Å². The van der Waals surface area contributed by atoms with Gasteiger partial charge in [-0.15, -0.1) is 0 Å². The van der Waals surface area contributed by atoms with Gasteiger partial charge in [-0.3, -0.25) is 14.2 Å². The van der Waals surface area contributed by atoms with Crippen molar-refractivity contribution in [3.05, 3.63) is 16.7 Å². The first-order chi connectivity index (χ1) is 14.0. The Hall–Kier alpha value is -2.00. The minimum Gasteiger partial charge on any atom is -0.352 e. The second-order valence-corrected chi connectivity index (χ2v) is 9.25. The molecule has 1 aliphatic carbocycles. The lowest BCUT2D eigenvalue weighted by Gasteiger charge is -2.33. The maximum absolute atomic E-state index is 12.9. The van der Waals surface area contributed by atoms with Crippen LogP contribution in [0.3, 0.4) is 0 Å². The van der Waals surface area contributed by atoms with Crippen LogP contribution in [0.15, 0.2) is 11.1 Å². The van der Waals surface area contributed by atoms with E-state index in [2.05, 4.69) is 38.9 Å². The lowest BCUT2D eigenvalue weighted by Crippen LogP contribution is -2.46. The van der Waals surface area contributed by atoms with E-state index in [1.165, 1.54) is 22.2 Å². The third kappa shape index (κ3) is 4.61. The molecular weight excluding hydrogens is 388 g/mol. The summed E-state index contributed by atoms with van der Waals surface area (Å²) in [5.41, 5.74) is 0.296. The monoisotopic (exact) mass is 418 g/mol. The summed E-state index contributed by atoms with van der Waals surface area (Å²) in [5.74, 6) is 0.621. The van der Waals surface area contributed by atoms with Gasteiger partial charge in [0, 0.05) is 32.2 Å². The molecule has 2 fully saturated rings. The molecule has 9 heteroatoms. The maximum atomic E-state index is 12.9. The molecule has 8 nitrogen and oxygen atoms in total. The second kappa shape index (κ2) is 8.79. The van der Waals surface area contributed by atoms with Crippen LogP contribution in [0.25, 0.3) is 10.3 Å². The molecule has 0 aromatic carbocycles. The van der Waals surface area contributed by atoms with E-state index in [0.717, 1.165) is 69.5 Å². The molecule has 0 unspecified atom stereocenters. The van der Waals surface area contributed by atoms with E-state index in [4.69, 9.17) is 0 Å². The summed E-state index contributed by atoms with van der Waals surface area (Å²) in [7, 11) is 0. The van der Waals surface area contributed by atoms with E-state index in [1.807, 2.05) is 0 Å². The number of piperazine rings is 1. The van der Waals surface area contributed by atoms with E-state index < -0.39 is 0 Å². The summed E-state index contributed by atoms with van der Waals surface area (Å²) >= 11 is 1.39. The zero-order chi connectivity index (χ0) is 20.4. The topological polar surface area (TPSA) is 83.4 Å². The van der Waals surface area contributed by atoms with Crippen LogP contribution < -0.4 is 15.8 Å². The lowest BCUT2D eigenvalue weighted by molar-refractivity contribution is -0.122. The fraction of sp³-hybridized carbons (Fsp3) is 0.700. The molecule has 0 radical (unpaired) electrons. The number of aromatic nitrogens is 3. The molecule has 3 heterocycles. The highest BCUT2D eigenvalue weighted by atomic mass is 32.1. The number of thiazole rings is 1. The predicted octanol–water partition coefficient (Wildman–Crippen LogP) is 1.69. The Labute approximate surface area is 174 Å². The van der Waals surface area contributed by atoms with E-state index in [9.17, 15) is 9.59 Å². The highest BCUT2D eigenvalue weighted by Crippen LogP contribution is 2.26. The molecule has 0 bridgehead atoms. The molecule has 2 aromatic rings. The summed E-state index contributed by atoms with van der Waals surface area (Å²) < 4.78 is 1.93. The quantitative estimate of drug-likeness (QED) is 0.796. The van der Waals surface area contributed by atoms with Gasteiger partial charge < -0.3 is 15.1 Å². The number of rotatable bonds is 5. The molecule has 2 aliphatic rings. The predicted molar refractivity (Wildman–Crippen MR) is 116 cm³/mol. The zero-order valence-corrected chi connectivity index (χ0v) is 18.1. The first-order valence-corrected chi connectivity index (χ1v) is 11.5. The molecule has 1 N–H and O–H groups in total. The van der Waals surface area contributed by atoms with Crippen LogP contribution >= 0.6 is 11.3 Å². The summed E-state index contributed by atoms with van der Waals surface area (Å²) in [5, 5.41) is 3.92. The number of likely N-dealkylation sites (N-methyl/N-ethyl adjacent to an activating group) is 1. The van der Waals surface area contributed by atoms with Gasteiger partial charge in [0.1, 0.15) is 17.6 Å². The van der Waals surface area contributed by atoms with E-state index in [1.54, 1.807) is 0 Å². The number of hydrogen-bond donors (Lipinski definition) is 1. The van der Waals surface area contributed by atoms with Crippen LogP contribution in [0.4, 0.5) is 5.13 Å². The van der Waals surface area contributed by atoms with Crippen molar-refractivity contribution in [3.8, 4) is 0 Å². The third-order valence-electron chi connectivity index (χ3n) is 6.16. The number of carbonyl (C=O) groups is 1. The largest absolute Gasteiger partial charge is 0.352 e. The number of carbonyl (C=O) groups excluding carboxylic acids is 1. The van der Waals surface area contributed by atoms with Crippen molar-refractivity contribution in [2.24, 2.45) is 5.92 Å². The number of amides is 1. The van der Waals surface area contributed by atoms with Crippen LogP contribution in [0.1, 0.15) is 39.5 Å². The maximum Gasteiger partial charge on any atom is 0.273 e. The van der Waals surface area contributed by atoms with E-state index in [0.29, 0.717) is 10.3 Å². The summed E-state index contributed by atoms with van der Waals surface area (Å²) in [6.45, 7) is 9.32. The Morgan fingerprint density at radius 1 is 1.21 bits per heavy atom. The van der Waals surface area contributed by atoms with Crippen LogP contribution in [0.5, 0.6) is 0 Å². The lowest BCUT2D eigenvalue weighted by atomic mass is 9.87. The van der Waals surface area contributed by atoms with Crippen molar-refractivity contribution in [1.29, 1.82) is 0 Å².